The molecule has 0 radical (unpaired) electrons. The van der Waals surface area contributed by atoms with Crippen molar-refractivity contribution in [2.24, 2.45) is 0 Å². The van der Waals surface area contributed by atoms with E-state index in [1.807, 2.05) is 0 Å². The first-order valence-electron chi connectivity index (χ1n) is 8.21. The van der Waals surface area contributed by atoms with E-state index in [-0.39, 0.29) is 6.61 Å². The molecule has 0 saturated carbocycles. The molecule has 1 aromatic carbocycles. The SMILES string of the molecule is CCCCCCCCOC(=O)c1cc([N+](=O)[O-])c(S(=O)(=O)O)c([N+](=O)[O-])c1. The number of benzene rings is 1. The average Bonchev–Trinajstić information content (AvgIpc) is 2.58. The summed E-state index contributed by atoms with van der Waals surface area (Å²) < 4.78 is 36.6. The molecule has 0 aliphatic rings. The van der Waals surface area contributed by atoms with E-state index >= 15 is 0 Å². The monoisotopic (exact) mass is 404 g/mol. The number of nitro groups is 2. The van der Waals surface area contributed by atoms with Gasteiger partial charge in [0.15, 0.2) is 0 Å². The molecule has 1 N–H and O–H groups in total. The maximum Gasteiger partial charge on any atom is 0.338 e. The molecule has 0 amide bonds. The Morgan fingerprint density at radius 3 is 1.96 bits per heavy atom. The number of carbonyl (C=O) groups excluding carboxylic acids is 1. The summed E-state index contributed by atoms with van der Waals surface area (Å²) in [6.07, 6.45) is 5.59. The van der Waals surface area contributed by atoms with Gasteiger partial charge >= 0.3 is 16.1 Å². The standard InChI is InChI=1S/C15H20N2O9S/c1-2-3-4-5-6-7-8-26-15(18)11-9-12(16(19)20)14(27(23,24)25)13(10-11)17(21)22/h9-10H,2-8H2,1H3,(H,23,24,25). The van der Waals surface area contributed by atoms with Gasteiger partial charge in [0.05, 0.1) is 22.0 Å². The minimum absolute atomic E-state index is 0.0204. The summed E-state index contributed by atoms with van der Waals surface area (Å²) in [4.78, 5) is 30.2. The van der Waals surface area contributed by atoms with Crippen LogP contribution in [0.15, 0.2) is 17.0 Å². The molecule has 27 heavy (non-hydrogen) atoms. The summed E-state index contributed by atoms with van der Waals surface area (Å²) in [6.45, 7) is 2.10. The molecule has 11 nitrogen and oxygen atoms in total. The molecule has 0 spiro atoms. The Morgan fingerprint density at radius 2 is 1.52 bits per heavy atom. The normalized spacial score (nSPS) is 11.2. The first kappa shape index (κ1) is 22.4. The number of nitrogens with zero attached hydrogens (tertiary/aromatic N) is 2. The van der Waals surface area contributed by atoms with Crippen molar-refractivity contribution in [3.8, 4) is 0 Å². The number of hydrogen-bond donors (Lipinski definition) is 1. The predicted octanol–water partition coefficient (Wildman–Crippen LogP) is 3.27. The smallest absolute Gasteiger partial charge is 0.338 e. The number of rotatable bonds is 11. The zero-order valence-corrected chi connectivity index (χ0v) is 15.4. The van der Waals surface area contributed by atoms with Crippen LogP contribution in [0.2, 0.25) is 0 Å². The van der Waals surface area contributed by atoms with Gasteiger partial charge in [-0.25, -0.2) is 4.79 Å². The van der Waals surface area contributed by atoms with Gasteiger partial charge in [-0.3, -0.25) is 24.8 Å². The maximum atomic E-state index is 12.0. The molecule has 1 rings (SSSR count). The summed E-state index contributed by atoms with van der Waals surface area (Å²) in [5, 5.41) is 22.1. The van der Waals surface area contributed by atoms with Gasteiger partial charge in [-0.15, -0.1) is 0 Å². The zero-order chi connectivity index (χ0) is 20.6. The van der Waals surface area contributed by atoms with E-state index in [0.717, 1.165) is 32.1 Å². The molecule has 0 heterocycles. The Bertz CT molecular complexity index is 786. The predicted molar refractivity (Wildman–Crippen MR) is 93.2 cm³/mol. The lowest BCUT2D eigenvalue weighted by Gasteiger charge is -2.07. The van der Waals surface area contributed by atoms with Crippen LogP contribution in [0, 0.1) is 20.2 Å². The van der Waals surface area contributed by atoms with Crippen LogP contribution < -0.4 is 0 Å². The Kier molecular flexibility index (Phi) is 8.25. The number of unbranched alkanes of at least 4 members (excludes halogenated alkanes) is 5. The van der Waals surface area contributed by atoms with Crippen molar-refractivity contribution < 1.29 is 32.3 Å². The molecule has 0 bridgehead atoms. The summed E-state index contributed by atoms with van der Waals surface area (Å²) in [6, 6.07) is 1.05. The first-order chi connectivity index (χ1) is 12.6. The van der Waals surface area contributed by atoms with Crippen molar-refractivity contribution in [1.29, 1.82) is 0 Å². The molecule has 0 fully saturated rings. The number of nitro benzene ring substituents is 2. The van der Waals surface area contributed by atoms with Gasteiger partial charge in [0.25, 0.3) is 11.4 Å². The van der Waals surface area contributed by atoms with Gasteiger partial charge in [0, 0.05) is 12.1 Å². The number of hydrogen-bond acceptors (Lipinski definition) is 8. The molecule has 0 aliphatic carbocycles. The average molecular weight is 404 g/mol. The molecule has 0 atom stereocenters. The molecular formula is C15H20N2O9S. The maximum absolute atomic E-state index is 12.0. The third-order valence-corrected chi connectivity index (χ3v) is 4.60. The van der Waals surface area contributed by atoms with Crippen molar-refractivity contribution in [2.45, 2.75) is 50.3 Å². The highest BCUT2D eigenvalue weighted by Crippen LogP contribution is 2.34. The Morgan fingerprint density at radius 1 is 1.04 bits per heavy atom. The van der Waals surface area contributed by atoms with Crippen LogP contribution in [-0.4, -0.2) is 35.4 Å². The number of ether oxygens (including phenoxy) is 1. The third-order valence-electron chi connectivity index (χ3n) is 3.67. The molecule has 1 aromatic rings. The van der Waals surface area contributed by atoms with Crippen molar-refractivity contribution >= 4 is 27.5 Å². The van der Waals surface area contributed by atoms with Crippen LogP contribution in [-0.2, 0) is 14.9 Å². The van der Waals surface area contributed by atoms with E-state index in [1.54, 1.807) is 0 Å². The third kappa shape index (κ3) is 6.57. The highest BCUT2D eigenvalue weighted by Gasteiger charge is 2.36. The lowest BCUT2D eigenvalue weighted by Crippen LogP contribution is -2.12. The fourth-order valence-electron chi connectivity index (χ4n) is 2.38. The molecule has 0 aliphatic heterocycles. The van der Waals surface area contributed by atoms with E-state index in [2.05, 4.69) is 6.92 Å². The van der Waals surface area contributed by atoms with Gasteiger partial charge in [-0.1, -0.05) is 39.0 Å². The lowest BCUT2D eigenvalue weighted by atomic mass is 10.1. The Hall–Kier alpha value is -2.60. The molecular weight excluding hydrogens is 384 g/mol. The summed E-state index contributed by atoms with van der Waals surface area (Å²) in [5.74, 6) is -1.06. The Labute approximate surface area is 155 Å². The van der Waals surface area contributed by atoms with Crippen molar-refractivity contribution in [2.75, 3.05) is 6.61 Å². The minimum Gasteiger partial charge on any atom is -0.462 e. The zero-order valence-electron chi connectivity index (χ0n) is 14.6. The van der Waals surface area contributed by atoms with Gasteiger partial charge in [0.1, 0.15) is 0 Å². The minimum atomic E-state index is -5.26. The van der Waals surface area contributed by atoms with Crippen molar-refractivity contribution in [3.05, 3.63) is 37.9 Å². The highest BCUT2D eigenvalue weighted by atomic mass is 32.2. The van der Waals surface area contributed by atoms with E-state index in [0.29, 0.717) is 18.6 Å². The molecule has 12 heteroatoms. The Balaban J connectivity index is 3.00. The fraction of sp³-hybridized carbons (Fsp3) is 0.533. The second-order valence-electron chi connectivity index (χ2n) is 5.74. The summed E-state index contributed by atoms with van der Waals surface area (Å²) in [7, 11) is -5.26. The van der Waals surface area contributed by atoms with E-state index in [9.17, 15) is 33.4 Å². The van der Waals surface area contributed by atoms with E-state index in [1.165, 1.54) is 0 Å². The second-order valence-corrected chi connectivity index (χ2v) is 7.09. The summed E-state index contributed by atoms with van der Waals surface area (Å²) in [5.41, 5.74) is -3.11. The van der Waals surface area contributed by atoms with Gasteiger partial charge in [-0.2, -0.15) is 8.42 Å². The molecule has 150 valence electrons. The van der Waals surface area contributed by atoms with Gasteiger partial charge in [0.2, 0.25) is 4.90 Å². The largest absolute Gasteiger partial charge is 0.462 e. The quantitative estimate of drug-likeness (QED) is 0.191. The lowest BCUT2D eigenvalue weighted by molar-refractivity contribution is -0.400. The topological polar surface area (TPSA) is 167 Å². The van der Waals surface area contributed by atoms with Crippen LogP contribution >= 0.6 is 0 Å². The second kappa shape index (κ2) is 9.92. The first-order valence-corrected chi connectivity index (χ1v) is 9.65. The van der Waals surface area contributed by atoms with Crippen LogP contribution in [0.1, 0.15) is 55.8 Å². The van der Waals surface area contributed by atoms with E-state index < -0.39 is 47.8 Å². The van der Waals surface area contributed by atoms with E-state index in [4.69, 9.17) is 9.29 Å². The molecule has 0 saturated heterocycles. The molecule has 0 aromatic heterocycles. The highest BCUT2D eigenvalue weighted by molar-refractivity contribution is 7.86. The van der Waals surface area contributed by atoms with Crippen LogP contribution in [0.25, 0.3) is 0 Å². The van der Waals surface area contributed by atoms with Crippen molar-refractivity contribution in [1.82, 2.24) is 0 Å². The number of carbonyl (C=O) groups is 1. The van der Waals surface area contributed by atoms with Crippen LogP contribution in [0.4, 0.5) is 11.4 Å². The van der Waals surface area contributed by atoms with Crippen LogP contribution in [0.5, 0.6) is 0 Å². The van der Waals surface area contributed by atoms with Gasteiger partial charge < -0.3 is 4.74 Å². The van der Waals surface area contributed by atoms with Crippen molar-refractivity contribution in [3.63, 3.8) is 0 Å². The van der Waals surface area contributed by atoms with Crippen LogP contribution in [0.3, 0.4) is 0 Å². The fourth-order valence-corrected chi connectivity index (χ4v) is 3.18. The summed E-state index contributed by atoms with van der Waals surface area (Å²) >= 11 is 0. The molecule has 0 unspecified atom stereocenters. The number of esters is 1. The van der Waals surface area contributed by atoms with Gasteiger partial charge in [-0.05, 0) is 6.42 Å².